The van der Waals surface area contributed by atoms with E-state index in [1.54, 1.807) is 6.20 Å². The predicted molar refractivity (Wildman–Crippen MR) is 64.5 cm³/mol. The molecule has 0 bridgehead atoms. The molecule has 0 aliphatic heterocycles. The van der Waals surface area contributed by atoms with Crippen molar-refractivity contribution in [3.63, 3.8) is 0 Å². The molecule has 6 nitrogen and oxygen atoms in total. The van der Waals surface area contributed by atoms with Crippen LogP contribution in [0.5, 0.6) is 0 Å². The molecule has 2 N–H and O–H groups in total. The zero-order chi connectivity index (χ0) is 12.3. The lowest BCUT2D eigenvalue weighted by molar-refractivity contribution is 0.472. The molecule has 2 aromatic heterocycles. The van der Waals surface area contributed by atoms with Crippen molar-refractivity contribution < 1.29 is 0 Å². The summed E-state index contributed by atoms with van der Waals surface area (Å²) in [6, 6.07) is 2.37. The Labute approximate surface area is 100 Å². The molecule has 1 atom stereocenters. The van der Waals surface area contributed by atoms with Gasteiger partial charge < -0.3 is 5.32 Å². The lowest BCUT2D eigenvalue weighted by Crippen LogP contribution is -2.25. The smallest absolute Gasteiger partial charge is 0.105 e. The first-order valence-electron chi connectivity index (χ1n) is 5.86. The van der Waals surface area contributed by atoms with Gasteiger partial charge in [-0.15, -0.1) is 0 Å². The van der Waals surface area contributed by atoms with E-state index in [9.17, 15) is 0 Å². The van der Waals surface area contributed by atoms with E-state index in [2.05, 4.69) is 46.6 Å². The predicted octanol–water partition coefficient (Wildman–Crippen LogP) is 1.28. The van der Waals surface area contributed by atoms with Gasteiger partial charge in [-0.1, -0.05) is 6.92 Å². The average molecular weight is 234 g/mol. The molecule has 0 saturated heterocycles. The average Bonchev–Trinajstić information content (AvgIpc) is 2.96. The van der Waals surface area contributed by atoms with E-state index in [1.165, 1.54) is 0 Å². The maximum atomic E-state index is 4.35. The maximum Gasteiger partial charge on any atom is 0.105 e. The number of hydrogen-bond acceptors (Lipinski definition) is 4. The summed E-state index contributed by atoms with van der Waals surface area (Å²) in [7, 11) is 0. The molecule has 2 rings (SSSR count). The molecule has 17 heavy (non-hydrogen) atoms. The number of H-pyrrole nitrogens is 1. The Bertz CT molecular complexity index is 444. The normalized spacial score (nSPS) is 13.2. The topological polar surface area (TPSA) is 71.4 Å². The highest BCUT2D eigenvalue weighted by atomic mass is 15.3. The number of nitrogens with zero attached hydrogens (tertiary/aromatic N) is 4. The summed E-state index contributed by atoms with van der Waals surface area (Å²) in [6.07, 6.45) is 3.56. The van der Waals surface area contributed by atoms with Crippen LogP contribution in [0, 0.1) is 0 Å². The second-order valence-electron chi connectivity index (χ2n) is 4.18. The summed E-state index contributed by atoms with van der Waals surface area (Å²) in [5, 5.41) is 18.4. The molecule has 2 heterocycles. The minimum Gasteiger partial charge on any atom is -0.304 e. The van der Waals surface area contributed by atoms with Gasteiger partial charge in [-0.3, -0.25) is 4.68 Å². The number of aromatic nitrogens is 5. The lowest BCUT2D eigenvalue weighted by Gasteiger charge is -2.19. The number of aromatic amines is 1. The lowest BCUT2D eigenvalue weighted by atomic mass is 10.1. The second-order valence-corrected chi connectivity index (χ2v) is 4.18. The molecule has 0 saturated carbocycles. The molecule has 2 aromatic rings. The van der Waals surface area contributed by atoms with Gasteiger partial charge in [0.2, 0.25) is 0 Å². The maximum absolute atomic E-state index is 4.35. The Hall–Kier alpha value is -1.69. The van der Waals surface area contributed by atoms with Crippen LogP contribution in [0.2, 0.25) is 0 Å². The highest BCUT2D eigenvalue weighted by Crippen LogP contribution is 2.21. The van der Waals surface area contributed by atoms with Crippen LogP contribution in [-0.4, -0.2) is 31.7 Å². The van der Waals surface area contributed by atoms with Gasteiger partial charge in [0.05, 0.1) is 17.9 Å². The third-order valence-electron chi connectivity index (χ3n) is 2.62. The fraction of sp³-hybridized carbons (Fsp3) is 0.545. The van der Waals surface area contributed by atoms with Crippen LogP contribution in [0.15, 0.2) is 18.5 Å². The Kier molecular flexibility index (Phi) is 3.53. The van der Waals surface area contributed by atoms with Crippen molar-refractivity contribution in [3.05, 3.63) is 29.8 Å². The zero-order valence-electron chi connectivity index (χ0n) is 10.4. The van der Waals surface area contributed by atoms with Crippen LogP contribution in [0.25, 0.3) is 0 Å². The minimum absolute atomic E-state index is 0.0312. The van der Waals surface area contributed by atoms with Gasteiger partial charge in [0.15, 0.2) is 0 Å². The highest BCUT2D eigenvalue weighted by Gasteiger charge is 2.20. The molecule has 0 aliphatic rings. The Morgan fingerprint density at radius 2 is 2.29 bits per heavy atom. The van der Waals surface area contributed by atoms with Gasteiger partial charge in [-0.25, -0.2) is 0 Å². The highest BCUT2D eigenvalue weighted by molar-refractivity contribution is 5.19. The molecular formula is C11H18N6. The molecular weight excluding hydrogens is 216 g/mol. The second kappa shape index (κ2) is 5.09. The quantitative estimate of drug-likeness (QED) is 0.817. The standard InChI is InChI=1S/C11H18N6/c1-4-12-11(9-7-13-16-15-9)10-5-6-14-17(10)8(2)3/h5-8,11-12H,4H2,1-3H3,(H,13,15,16). The van der Waals surface area contributed by atoms with E-state index in [0.29, 0.717) is 6.04 Å². The van der Waals surface area contributed by atoms with Gasteiger partial charge in [-0.2, -0.15) is 20.5 Å². The van der Waals surface area contributed by atoms with E-state index < -0.39 is 0 Å². The van der Waals surface area contributed by atoms with Crippen molar-refractivity contribution >= 4 is 0 Å². The first-order chi connectivity index (χ1) is 8.24. The summed E-state index contributed by atoms with van der Waals surface area (Å²) in [5.41, 5.74) is 1.99. The van der Waals surface area contributed by atoms with Gasteiger partial charge in [-0.05, 0) is 26.5 Å². The fourth-order valence-corrected chi connectivity index (χ4v) is 1.90. The molecule has 0 fully saturated rings. The van der Waals surface area contributed by atoms with Crippen molar-refractivity contribution in [2.45, 2.75) is 32.9 Å². The number of rotatable bonds is 5. The van der Waals surface area contributed by atoms with Crippen LogP contribution in [0.1, 0.15) is 44.2 Å². The van der Waals surface area contributed by atoms with Crippen molar-refractivity contribution in [2.75, 3.05) is 6.54 Å². The van der Waals surface area contributed by atoms with Crippen LogP contribution in [0.3, 0.4) is 0 Å². The van der Waals surface area contributed by atoms with E-state index in [4.69, 9.17) is 0 Å². The molecule has 1 unspecified atom stereocenters. The van der Waals surface area contributed by atoms with Crippen molar-refractivity contribution in [3.8, 4) is 0 Å². The van der Waals surface area contributed by atoms with E-state index in [0.717, 1.165) is 17.9 Å². The monoisotopic (exact) mass is 234 g/mol. The number of nitrogens with one attached hydrogen (secondary N) is 2. The molecule has 92 valence electrons. The van der Waals surface area contributed by atoms with Crippen LogP contribution < -0.4 is 5.32 Å². The van der Waals surface area contributed by atoms with Gasteiger partial charge >= 0.3 is 0 Å². The van der Waals surface area contributed by atoms with Crippen molar-refractivity contribution in [2.24, 2.45) is 0 Å². The zero-order valence-corrected chi connectivity index (χ0v) is 10.4. The first kappa shape index (κ1) is 11.8. The third-order valence-corrected chi connectivity index (χ3v) is 2.62. The van der Waals surface area contributed by atoms with Gasteiger partial charge in [0.1, 0.15) is 5.69 Å². The molecule has 0 amide bonds. The third kappa shape index (κ3) is 2.36. The molecule has 0 spiro atoms. The Balaban J connectivity index is 2.36. The van der Waals surface area contributed by atoms with E-state index in [-0.39, 0.29) is 6.04 Å². The van der Waals surface area contributed by atoms with Gasteiger partial charge in [0.25, 0.3) is 0 Å². The minimum atomic E-state index is 0.0312. The van der Waals surface area contributed by atoms with Crippen LogP contribution in [-0.2, 0) is 0 Å². The van der Waals surface area contributed by atoms with E-state index in [1.807, 2.05) is 16.9 Å². The van der Waals surface area contributed by atoms with Crippen LogP contribution >= 0.6 is 0 Å². The Morgan fingerprint density at radius 1 is 1.47 bits per heavy atom. The summed E-state index contributed by atoms with van der Waals surface area (Å²) in [4.78, 5) is 0. The Morgan fingerprint density at radius 3 is 2.88 bits per heavy atom. The van der Waals surface area contributed by atoms with Gasteiger partial charge in [0, 0.05) is 12.2 Å². The fourth-order valence-electron chi connectivity index (χ4n) is 1.90. The summed E-state index contributed by atoms with van der Waals surface area (Å²) < 4.78 is 2.00. The summed E-state index contributed by atoms with van der Waals surface area (Å²) >= 11 is 0. The molecule has 6 heteroatoms. The van der Waals surface area contributed by atoms with Crippen molar-refractivity contribution in [1.29, 1.82) is 0 Å². The largest absolute Gasteiger partial charge is 0.304 e. The van der Waals surface area contributed by atoms with Crippen molar-refractivity contribution in [1.82, 2.24) is 30.5 Å². The van der Waals surface area contributed by atoms with Crippen LogP contribution in [0.4, 0.5) is 0 Å². The first-order valence-corrected chi connectivity index (χ1v) is 5.86. The molecule has 0 aliphatic carbocycles. The SMILES string of the molecule is CCNC(c1cn[nH]n1)c1ccnn1C(C)C. The number of hydrogen-bond donors (Lipinski definition) is 2. The van der Waals surface area contributed by atoms with E-state index >= 15 is 0 Å². The summed E-state index contributed by atoms with van der Waals surface area (Å²) in [5.74, 6) is 0. The summed E-state index contributed by atoms with van der Waals surface area (Å²) in [6.45, 7) is 7.16. The molecule has 0 aromatic carbocycles. The molecule has 0 radical (unpaired) electrons.